The average molecular weight is 391 g/mol. The van der Waals surface area contributed by atoms with Crippen LogP contribution in [0.1, 0.15) is 15.2 Å². The lowest BCUT2D eigenvalue weighted by molar-refractivity contribution is 0.0306. The number of ether oxygens (including phenoxy) is 1. The Bertz CT molecular complexity index is 1200. The highest BCUT2D eigenvalue weighted by Gasteiger charge is 2.23. The molecular formula is C22H21N3O2S. The SMILES string of the molecule is Cc1c(C(=O)N2CCOCC2)sc2cc(-c3ccc4nn(C)cc4c3)ccc12. The summed E-state index contributed by atoms with van der Waals surface area (Å²) in [6.07, 6.45) is 2.03. The molecule has 142 valence electrons. The van der Waals surface area contributed by atoms with E-state index in [1.165, 1.54) is 0 Å². The lowest BCUT2D eigenvalue weighted by atomic mass is 10.0. The van der Waals surface area contributed by atoms with Crippen molar-refractivity contribution in [1.29, 1.82) is 0 Å². The molecular weight excluding hydrogens is 370 g/mol. The summed E-state index contributed by atoms with van der Waals surface area (Å²) in [5.74, 6) is 0.125. The third-order valence-electron chi connectivity index (χ3n) is 5.38. The molecule has 2 aromatic carbocycles. The molecule has 2 aromatic heterocycles. The number of rotatable bonds is 2. The van der Waals surface area contributed by atoms with Crippen LogP contribution in [0.4, 0.5) is 0 Å². The van der Waals surface area contributed by atoms with Gasteiger partial charge in [0.05, 0.1) is 23.6 Å². The van der Waals surface area contributed by atoms with Gasteiger partial charge < -0.3 is 9.64 Å². The molecule has 0 N–H and O–H groups in total. The molecule has 28 heavy (non-hydrogen) atoms. The summed E-state index contributed by atoms with van der Waals surface area (Å²) in [7, 11) is 1.94. The van der Waals surface area contributed by atoms with Crippen molar-refractivity contribution in [3.05, 3.63) is 53.0 Å². The number of hydrogen-bond acceptors (Lipinski definition) is 4. The maximum atomic E-state index is 13.0. The first-order chi connectivity index (χ1) is 13.6. The highest BCUT2D eigenvalue weighted by Crippen LogP contribution is 2.35. The van der Waals surface area contributed by atoms with Crippen LogP contribution in [0.3, 0.4) is 0 Å². The van der Waals surface area contributed by atoms with Crippen molar-refractivity contribution in [3.63, 3.8) is 0 Å². The Kier molecular flexibility index (Phi) is 4.18. The quantitative estimate of drug-likeness (QED) is 0.514. The van der Waals surface area contributed by atoms with Crippen LogP contribution < -0.4 is 0 Å². The van der Waals surface area contributed by atoms with Crippen LogP contribution >= 0.6 is 11.3 Å². The maximum Gasteiger partial charge on any atom is 0.264 e. The molecule has 5 nitrogen and oxygen atoms in total. The fraction of sp³-hybridized carbons (Fsp3) is 0.273. The topological polar surface area (TPSA) is 47.4 Å². The molecule has 0 atom stereocenters. The molecule has 1 amide bonds. The second kappa shape index (κ2) is 6.72. The number of carbonyl (C=O) groups is 1. The summed E-state index contributed by atoms with van der Waals surface area (Å²) >= 11 is 1.59. The van der Waals surface area contributed by atoms with Gasteiger partial charge in [-0.2, -0.15) is 5.10 Å². The molecule has 1 aliphatic heterocycles. The molecule has 4 aromatic rings. The van der Waals surface area contributed by atoms with Gasteiger partial charge in [-0.1, -0.05) is 18.2 Å². The van der Waals surface area contributed by atoms with Gasteiger partial charge in [-0.15, -0.1) is 11.3 Å². The van der Waals surface area contributed by atoms with Crippen LogP contribution in [-0.2, 0) is 11.8 Å². The minimum absolute atomic E-state index is 0.125. The van der Waals surface area contributed by atoms with E-state index >= 15 is 0 Å². The van der Waals surface area contributed by atoms with E-state index in [9.17, 15) is 4.79 Å². The van der Waals surface area contributed by atoms with E-state index in [-0.39, 0.29) is 5.91 Å². The van der Waals surface area contributed by atoms with E-state index in [4.69, 9.17) is 4.74 Å². The molecule has 1 saturated heterocycles. The van der Waals surface area contributed by atoms with E-state index in [0.717, 1.165) is 42.6 Å². The summed E-state index contributed by atoms with van der Waals surface area (Å²) in [6, 6.07) is 12.8. The van der Waals surface area contributed by atoms with Crippen molar-refractivity contribution in [1.82, 2.24) is 14.7 Å². The Labute approximate surface area is 167 Å². The van der Waals surface area contributed by atoms with Gasteiger partial charge in [-0.05, 0) is 47.2 Å². The Hall–Kier alpha value is -2.70. The molecule has 0 radical (unpaired) electrons. The summed E-state index contributed by atoms with van der Waals surface area (Å²) in [4.78, 5) is 15.7. The second-order valence-electron chi connectivity index (χ2n) is 7.25. The third kappa shape index (κ3) is 2.89. The molecule has 6 heteroatoms. The van der Waals surface area contributed by atoms with Gasteiger partial charge in [0, 0.05) is 36.4 Å². The van der Waals surface area contributed by atoms with E-state index in [1.54, 1.807) is 11.3 Å². The Morgan fingerprint density at radius 2 is 1.86 bits per heavy atom. The van der Waals surface area contributed by atoms with Crippen LogP contribution in [-0.4, -0.2) is 46.9 Å². The highest BCUT2D eigenvalue weighted by molar-refractivity contribution is 7.21. The fourth-order valence-electron chi connectivity index (χ4n) is 3.85. The predicted molar refractivity (Wildman–Crippen MR) is 113 cm³/mol. The summed E-state index contributed by atoms with van der Waals surface area (Å²) < 4.78 is 8.36. The van der Waals surface area contributed by atoms with E-state index < -0.39 is 0 Å². The van der Waals surface area contributed by atoms with Crippen molar-refractivity contribution in [3.8, 4) is 11.1 Å². The lowest BCUT2D eigenvalue weighted by Gasteiger charge is -2.26. The monoisotopic (exact) mass is 391 g/mol. The second-order valence-corrected chi connectivity index (χ2v) is 8.30. The number of fused-ring (bicyclic) bond motifs is 2. The minimum atomic E-state index is 0.125. The number of amides is 1. The van der Waals surface area contributed by atoms with Crippen LogP contribution in [0.15, 0.2) is 42.6 Å². The largest absolute Gasteiger partial charge is 0.378 e. The fourth-order valence-corrected chi connectivity index (χ4v) is 5.06. The van der Waals surface area contributed by atoms with Crippen LogP contribution in [0.2, 0.25) is 0 Å². The summed E-state index contributed by atoms with van der Waals surface area (Å²) in [5, 5.41) is 6.73. The number of thiophene rings is 1. The lowest BCUT2D eigenvalue weighted by Crippen LogP contribution is -2.40. The number of aryl methyl sites for hydroxylation is 2. The molecule has 1 aliphatic rings. The van der Waals surface area contributed by atoms with Gasteiger partial charge in [0.25, 0.3) is 5.91 Å². The summed E-state index contributed by atoms with van der Waals surface area (Å²) in [5.41, 5.74) is 4.39. The van der Waals surface area contributed by atoms with Crippen molar-refractivity contribution in [2.24, 2.45) is 7.05 Å². The maximum absolute atomic E-state index is 13.0. The minimum Gasteiger partial charge on any atom is -0.378 e. The van der Waals surface area contributed by atoms with Crippen LogP contribution in [0, 0.1) is 6.92 Å². The van der Waals surface area contributed by atoms with Crippen molar-refractivity contribution in [2.45, 2.75) is 6.92 Å². The summed E-state index contributed by atoms with van der Waals surface area (Å²) in [6.45, 7) is 4.63. The van der Waals surface area contributed by atoms with Gasteiger partial charge in [-0.3, -0.25) is 9.48 Å². The van der Waals surface area contributed by atoms with E-state index in [0.29, 0.717) is 26.3 Å². The Balaban J connectivity index is 1.54. The molecule has 0 aliphatic carbocycles. The number of nitrogens with zero attached hydrogens (tertiary/aromatic N) is 3. The van der Waals surface area contributed by atoms with Gasteiger partial charge in [0.15, 0.2) is 0 Å². The zero-order valence-corrected chi connectivity index (χ0v) is 16.8. The standard InChI is InChI=1S/C22H21N3O2S/c1-14-18-5-3-16(15-4-6-19-17(11-15)13-24(2)23-19)12-20(18)28-21(14)22(26)25-7-9-27-10-8-25/h3-6,11-13H,7-10H2,1-2H3. The third-order valence-corrected chi connectivity index (χ3v) is 6.63. The number of morpholine rings is 1. The van der Waals surface area contributed by atoms with Crippen molar-refractivity contribution in [2.75, 3.05) is 26.3 Å². The first-order valence-corrected chi connectivity index (χ1v) is 10.3. The normalized spacial score (nSPS) is 14.9. The number of carbonyl (C=O) groups excluding carboxylic acids is 1. The van der Waals surface area contributed by atoms with E-state index in [1.807, 2.05) is 29.7 Å². The van der Waals surface area contributed by atoms with Gasteiger partial charge >= 0.3 is 0 Å². The average Bonchev–Trinajstić information content (AvgIpc) is 3.26. The number of aromatic nitrogens is 2. The Morgan fingerprint density at radius 3 is 2.68 bits per heavy atom. The number of benzene rings is 2. The molecule has 0 bridgehead atoms. The highest BCUT2D eigenvalue weighted by atomic mass is 32.1. The van der Waals surface area contributed by atoms with Crippen LogP contribution in [0.25, 0.3) is 32.1 Å². The molecule has 3 heterocycles. The molecule has 0 unspecified atom stereocenters. The van der Waals surface area contributed by atoms with Crippen molar-refractivity contribution >= 4 is 38.2 Å². The molecule has 0 saturated carbocycles. The smallest absolute Gasteiger partial charge is 0.264 e. The zero-order valence-electron chi connectivity index (χ0n) is 15.9. The molecule has 1 fully saturated rings. The zero-order chi connectivity index (χ0) is 19.3. The van der Waals surface area contributed by atoms with Gasteiger partial charge in [0.1, 0.15) is 0 Å². The van der Waals surface area contributed by atoms with Crippen LogP contribution in [0.5, 0.6) is 0 Å². The molecule has 5 rings (SSSR count). The Morgan fingerprint density at radius 1 is 1.11 bits per heavy atom. The first-order valence-electron chi connectivity index (χ1n) is 9.44. The molecule has 0 spiro atoms. The van der Waals surface area contributed by atoms with Gasteiger partial charge in [-0.25, -0.2) is 0 Å². The predicted octanol–water partition coefficient (Wildman–Crippen LogP) is 4.24. The number of hydrogen-bond donors (Lipinski definition) is 0. The van der Waals surface area contributed by atoms with E-state index in [2.05, 4.69) is 41.5 Å². The van der Waals surface area contributed by atoms with Gasteiger partial charge in [0.2, 0.25) is 0 Å². The van der Waals surface area contributed by atoms with Crippen molar-refractivity contribution < 1.29 is 9.53 Å². The first kappa shape index (κ1) is 17.4.